The van der Waals surface area contributed by atoms with Crippen LogP contribution in [0.15, 0.2) is 54.6 Å². The van der Waals surface area contributed by atoms with Gasteiger partial charge in [0.25, 0.3) is 0 Å². The number of likely N-dealkylation sites (N-methyl/N-ethyl adjacent to an activating group) is 1. The fourth-order valence-electron chi connectivity index (χ4n) is 7.82. The molecule has 0 bridgehead atoms. The van der Waals surface area contributed by atoms with E-state index in [-0.39, 0.29) is 28.9 Å². The quantitative estimate of drug-likeness (QED) is 0.210. The van der Waals surface area contributed by atoms with Gasteiger partial charge in [0.1, 0.15) is 0 Å². The lowest BCUT2D eigenvalue weighted by Crippen LogP contribution is -2.56. The molecule has 3 aliphatic heterocycles. The van der Waals surface area contributed by atoms with E-state index in [1.165, 1.54) is 11.1 Å². The third kappa shape index (κ3) is 13.5. The van der Waals surface area contributed by atoms with Crippen LogP contribution in [-0.2, 0) is 22.4 Å². The minimum atomic E-state index is -0.406. The Morgan fingerprint density at radius 1 is 0.750 bits per heavy atom. The molecule has 0 spiro atoms. The van der Waals surface area contributed by atoms with Gasteiger partial charge in [0.05, 0.1) is 13.2 Å². The predicted molar refractivity (Wildman–Crippen MR) is 220 cm³/mol. The Labute approximate surface area is 334 Å². The van der Waals surface area contributed by atoms with Crippen molar-refractivity contribution in [3.05, 3.63) is 71.3 Å². The van der Waals surface area contributed by atoms with Crippen molar-refractivity contribution in [2.45, 2.75) is 51.9 Å². The summed E-state index contributed by atoms with van der Waals surface area (Å²) in [7, 11) is 3.98. The Bertz CT molecular complexity index is 1520. The van der Waals surface area contributed by atoms with E-state index in [1.54, 1.807) is 12.1 Å². The van der Waals surface area contributed by atoms with Crippen LogP contribution in [0, 0.1) is 10.8 Å². The maximum atomic E-state index is 13.0. The maximum Gasteiger partial charge on any atom is 0.320 e. The van der Waals surface area contributed by atoms with Crippen molar-refractivity contribution in [1.82, 2.24) is 29.8 Å². The number of carbonyl (C=O) groups excluding carboxylic acids is 4. The highest BCUT2D eigenvalue weighted by molar-refractivity contribution is 5.92. The third-order valence-electron chi connectivity index (χ3n) is 11.8. The van der Waals surface area contributed by atoms with Crippen molar-refractivity contribution in [3.8, 4) is 0 Å². The van der Waals surface area contributed by atoms with E-state index in [4.69, 9.17) is 21.9 Å². The van der Waals surface area contributed by atoms with Crippen molar-refractivity contribution in [2.75, 3.05) is 106 Å². The molecule has 3 aliphatic rings. The van der Waals surface area contributed by atoms with Gasteiger partial charge in [-0.2, -0.15) is 0 Å². The van der Waals surface area contributed by atoms with Crippen molar-refractivity contribution >= 4 is 23.9 Å². The largest absolute Gasteiger partial charge is 0.465 e. The van der Waals surface area contributed by atoms with Gasteiger partial charge in [0, 0.05) is 71.0 Å². The molecule has 0 saturated carbocycles. The monoisotopic (exact) mass is 778 g/mol. The zero-order valence-corrected chi connectivity index (χ0v) is 34.1. The Hall–Kier alpha value is -4.24. The van der Waals surface area contributed by atoms with E-state index in [0.29, 0.717) is 64.5 Å². The van der Waals surface area contributed by atoms with Crippen molar-refractivity contribution in [1.29, 1.82) is 0 Å². The second kappa shape index (κ2) is 21.9. The second-order valence-electron chi connectivity index (χ2n) is 16.0. The maximum absolute atomic E-state index is 13.0. The van der Waals surface area contributed by atoms with Gasteiger partial charge < -0.3 is 46.9 Å². The summed E-state index contributed by atoms with van der Waals surface area (Å²) >= 11 is 0. The number of piperazine rings is 1. The summed E-state index contributed by atoms with van der Waals surface area (Å²) < 4.78 is 5.01. The van der Waals surface area contributed by atoms with Gasteiger partial charge in [-0.15, -0.1) is 0 Å². The van der Waals surface area contributed by atoms with Gasteiger partial charge in [-0.3, -0.25) is 14.5 Å². The average molecular weight is 778 g/mol. The van der Waals surface area contributed by atoms with Crippen LogP contribution in [-0.4, -0.2) is 154 Å². The molecule has 5 rings (SSSR count). The third-order valence-corrected chi connectivity index (χ3v) is 11.8. The van der Waals surface area contributed by atoms with Gasteiger partial charge >= 0.3 is 18.0 Å². The first-order valence-electron chi connectivity index (χ1n) is 20.3. The predicted octanol–water partition coefficient (Wildman–Crippen LogP) is 2.60. The summed E-state index contributed by atoms with van der Waals surface area (Å²) in [6.45, 7) is 11.0. The first-order valence-corrected chi connectivity index (χ1v) is 20.3. The molecule has 2 aromatic carbocycles. The first-order chi connectivity index (χ1) is 26.9. The zero-order chi connectivity index (χ0) is 40.6. The molecule has 310 valence electrons. The number of hydrogen-bond donors (Lipinski definition) is 4. The van der Waals surface area contributed by atoms with Crippen molar-refractivity contribution in [3.63, 3.8) is 0 Å². The number of nitrogens with one attached hydrogen (secondary N) is 1. The number of aryl methyl sites for hydroxylation is 1. The highest BCUT2D eigenvalue weighted by Crippen LogP contribution is 2.36. The number of amides is 5. The molecule has 0 aromatic heterocycles. The molecule has 2 aromatic rings. The number of primary amides is 1. The van der Waals surface area contributed by atoms with Crippen LogP contribution >= 0.6 is 0 Å². The number of benzene rings is 2. The lowest BCUT2D eigenvalue weighted by molar-refractivity contribution is -0.144. The number of esters is 1. The molecule has 0 radical (unpaired) electrons. The standard InChI is InChI=1S/C22H34N4O3.C20H33N5O2/c1-2-29-20(27)17-24-12-14-26(15-13-24)21(28)25-10-8-22(18-23,9-11-25)16-19-6-4-3-5-7-19;1-24(2)14-11-23-19(27)25-12-9-20(15-21,10-13-25)8-7-16-3-5-17(6-4-16)18(22)26/h3-7H,2,8-18,23H2,1H3;3-6H,7-15,21H2,1-2H3,(H2,22,26)(H,23,27). The van der Waals surface area contributed by atoms with E-state index in [2.05, 4.69) is 34.5 Å². The molecule has 3 fully saturated rings. The van der Waals surface area contributed by atoms with Gasteiger partial charge in [0.2, 0.25) is 5.91 Å². The number of urea groups is 2. The van der Waals surface area contributed by atoms with Crippen molar-refractivity contribution < 1.29 is 23.9 Å². The number of nitrogens with zero attached hydrogens (tertiary/aromatic N) is 5. The lowest BCUT2D eigenvalue weighted by atomic mass is 9.74. The molecule has 0 atom stereocenters. The molecule has 3 saturated heterocycles. The van der Waals surface area contributed by atoms with E-state index >= 15 is 0 Å². The summed E-state index contributed by atoms with van der Waals surface area (Å²) in [5.74, 6) is -0.601. The molecule has 56 heavy (non-hydrogen) atoms. The van der Waals surface area contributed by atoms with Gasteiger partial charge in [-0.25, -0.2) is 9.59 Å². The van der Waals surface area contributed by atoms with Gasteiger partial charge in [-0.1, -0.05) is 42.5 Å². The molecular weight excluding hydrogens is 711 g/mol. The Balaban J connectivity index is 0.000000249. The average Bonchev–Trinajstić information content (AvgIpc) is 3.21. The molecule has 14 heteroatoms. The summed E-state index contributed by atoms with van der Waals surface area (Å²) in [4.78, 5) is 57.9. The Morgan fingerprint density at radius 2 is 1.32 bits per heavy atom. The van der Waals surface area contributed by atoms with Gasteiger partial charge in [-0.05, 0) is 113 Å². The SMILES string of the molecule is CCOC(=O)CN1CCN(C(=O)N2CCC(CN)(Cc3ccccc3)CC2)CC1.CN(C)CCNC(=O)N1CCC(CN)(CCc2ccc(C(N)=O)cc2)CC1. The number of nitrogens with two attached hydrogens (primary N) is 3. The van der Waals surface area contributed by atoms with E-state index in [1.807, 2.05) is 58.8 Å². The Kier molecular flexibility index (Phi) is 17.4. The van der Waals surface area contributed by atoms with Crippen LogP contribution in [0.5, 0.6) is 0 Å². The first kappa shape index (κ1) is 44.5. The normalized spacial score (nSPS) is 18.1. The Morgan fingerprint density at radius 3 is 1.88 bits per heavy atom. The zero-order valence-electron chi connectivity index (χ0n) is 34.1. The molecule has 7 N–H and O–H groups in total. The summed E-state index contributed by atoms with van der Waals surface area (Å²) in [5.41, 5.74) is 20.7. The number of carbonyl (C=O) groups is 4. The number of piperidine rings is 2. The minimum absolute atomic E-state index is 0.0181. The van der Waals surface area contributed by atoms with E-state index in [0.717, 1.165) is 77.7 Å². The molecular formula is C42H67N9O5. The summed E-state index contributed by atoms with van der Waals surface area (Å²) in [5, 5.41) is 2.98. The summed E-state index contributed by atoms with van der Waals surface area (Å²) in [6.07, 6.45) is 6.58. The summed E-state index contributed by atoms with van der Waals surface area (Å²) in [6, 6.07) is 18.1. The van der Waals surface area contributed by atoms with Crippen LogP contribution in [0.1, 0.15) is 60.5 Å². The van der Waals surface area contributed by atoms with Gasteiger partial charge in [0.15, 0.2) is 0 Å². The number of likely N-dealkylation sites (tertiary alicyclic amines) is 2. The van der Waals surface area contributed by atoms with Crippen molar-refractivity contribution in [2.24, 2.45) is 28.0 Å². The fraction of sp³-hybridized carbons (Fsp3) is 0.619. The minimum Gasteiger partial charge on any atom is -0.465 e. The smallest absolute Gasteiger partial charge is 0.320 e. The van der Waals surface area contributed by atoms with Crippen LogP contribution in [0.25, 0.3) is 0 Å². The van der Waals surface area contributed by atoms with Crippen LogP contribution < -0.4 is 22.5 Å². The number of rotatable bonds is 14. The van der Waals surface area contributed by atoms with Crippen LogP contribution in [0.4, 0.5) is 9.59 Å². The highest BCUT2D eigenvalue weighted by atomic mass is 16.5. The van der Waals surface area contributed by atoms with E-state index in [9.17, 15) is 19.2 Å². The number of ether oxygens (including phenoxy) is 1. The highest BCUT2D eigenvalue weighted by Gasteiger charge is 2.37. The lowest BCUT2D eigenvalue weighted by Gasteiger charge is -2.44. The van der Waals surface area contributed by atoms with Crippen LogP contribution in [0.3, 0.4) is 0 Å². The molecule has 3 heterocycles. The second-order valence-corrected chi connectivity index (χ2v) is 16.0. The molecule has 14 nitrogen and oxygen atoms in total. The molecule has 5 amide bonds. The molecule has 0 unspecified atom stereocenters. The topological polar surface area (TPSA) is 184 Å². The van der Waals surface area contributed by atoms with Crippen LogP contribution in [0.2, 0.25) is 0 Å². The molecule has 0 aliphatic carbocycles. The van der Waals surface area contributed by atoms with E-state index < -0.39 is 5.91 Å². The number of hydrogen-bond acceptors (Lipinski definition) is 9. The fourth-order valence-corrected chi connectivity index (χ4v) is 7.82.